The maximum Gasteiger partial charge on any atom is 0.0355 e. The third-order valence-corrected chi connectivity index (χ3v) is 5.78. The first-order chi connectivity index (χ1) is 13.7. The summed E-state index contributed by atoms with van der Waals surface area (Å²) in [5, 5.41) is 0. The van der Waals surface area contributed by atoms with Gasteiger partial charge in [-0.1, -0.05) is 95.6 Å². The van der Waals surface area contributed by atoms with Gasteiger partial charge in [-0.2, -0.15) is 0 Å². The van der Waals surface area contributed by atoms with Crippen molar-refractivity contribution < 1.29 is 0 Å². The minimum atomic E-state index is 0.466. The molecule has 0 rings (SSSR count). The van der Waals surface area contributed by atoms with E-state index in [2.05, 4.69) is 79.9 Å². The zero-order chi connectivity index (χ0) is 22.4. The zero-order valence-corrected chi connectivity index (χ0v) is 20.4. The Labute approximate surface area is 182 Å². The molecule has 3 unspecified atom stereocenters. The van der Waals surface area contributed by atoms with Crippen LogP contribution in [0.3, 0.4) is 0 Å². The maximum atomic E-state index is 6.63. The first kappa shape index (κ1) is 27.2. The van der Waals surface area contributed by atoms with E-state index in [0.717, 1.165) is 37.8 Å². The second-order valence-corrected chi connectivity index (χ2v) is 8.75. The van der Waals surface area contributed by atoms with Gasteiger partial charge in [0.2, 0.25) is 0 Å². The van der Waals surface area contributed by atoms with Crippen LogP contribution in [0, 0.1) is 17.8 Å². The Morgan fingerprint density at radius 2 is 1.59 bits per heavy atom. The standard InChI is InChI=1S/C28H47N/c1-10-14-18-24(8)28(27(29)20-22(6)12-3)26(13-4)25(9)19-23(7)17-15-16-21(5)11-2/h10,13,15-16,20-23H,1,4,11-12,14,17-19,29H2,2-3,5-9H3/b16-15+,26-25+,27-20+,28-24+. The Morgan fingerprint density at radius 1 is 0.966 bits per heavy atom. The van der Waals surface area contributed by atoms with E-state index in [-0.39, 0.29) is 0 Å². The highest BCUT2D eigenvalue weighted by Gasteiger charge is 2.15. The first-order valence-corrected chi connectivity index (χ1v) is 11.5. The van der Waals surface area contributed by atoms with Crippen LogP contribution in [0.5, 0.6) is 0 Å². The van der Waals surface area contributed by atoms with Crippen LogP contribution in [0.2, 0.25) is 0 Å². The van der Waals surface area contributed by atoms with Gasteiger partial charge in [-0.25, -0.2) is 0 Å². The molecule has 0 amide bonds. The molecule has 164 valence electrons. The van der Waals surface area contributed by atoms with Gasteiger partial charge in [-0.15, -0.1) is 6.58 Å². The van der Waals surface area contributed by atoms with Crippen LogP contribution in [0.4, 0.5) is 0 Å². The lowest BCUT2D eigenvalue weighted by molar-refractivity contribution is 0.580. The van der Waals surface area contributed by atoms with Crippen LogP contribution in [0.15, 0.2) is 71.5 Å². The van der Waals surface area contributed by atoms with Gasteiger partial charge in [0.1, 0.15) is 0 Å². The number of allylic oxidation sites excluding steroid dienone is 8. The molecular weight excluding hydrogens is 350 g/mol. The second kappa shape index (κ2) is 15.1. The molecule has 0 aromatic rings. The van der Waals surface area contributed by atoms with Crippen molar-refractivity contribution in [3.05, 3.63) is 71.5 Å². The molecule has 29 heavy (non-hydrogen) atoms. The summed E-state index contributed by atoms with van der Waals surface area (Å²) in [5.74, 6) is 1.73. The fraction of sp³-hybridized carbons (Fsp3) is 0.571. The quantitative estimate of drug-likeness (QED) is 0.230. The van der Waals surface area contributed by atoms with Crippen LogP contribution in [0.1, 0.15) is 87.0 Å². The average Bonchev–Trinajstić information content (AvgIpc) is 2.69. The summed E-state index contributed by atoms with van der Waals surface area (Å²) in [6.07, 6.45) is 17.3. The number of hydrogen-bond donors (Lipinski definition) is 1. The Bertz CT molecular complexity index is 627. The topological polar surface area (TPSA) is 26.0 Å². The van der Waals surface area contributed by atoms with Gasteiger partial charge in [-0.05, 0) is 62.9 Å². The van der Waals surface area contributed by atoms with Crippen molar-refractivity contribution in [2.24, 2.45) is 23.5 Å². The van der Waals surface area contributed by atoms with Crippen molar-refractivity contribution in [1.29, 1.82) is 0 Å². The van der Waals surface area contributed by atoms with Gasteiger partial charge in [0.15, 0.2) is 0 Å². The van der Waals surface area contributed by atoms with Crippen molar-refractivity contribution in [2.45, 2.75) is 87.0 Å². The van der Waals surface area contributed by atoms with E-state index in [1.54, 1.807) is 0 Å². The van der Waals surface area contributed by atoms with Crippen molar-refractivity contribution in [3.8, 4) is 0 Å². The van der Waals surface area contributed by atoms with Gasteiger partial charge < -0.3 is 5.73 Å². The van der Waals surface area contributed by atoms with Gasteiger partial charge in [0.05, 0.1) is 0 Å². The molecule has 0 heterocycles. The summed E-state index contributed by atoms with van der Waals surface area (Å²) in [7, 11) is 0. The lowest BCUT2D eigenvalue weighted by Gasteiger charge is -2.20. The molecule has 0 saturated carbocycles. The molecule has 0 aliphatic heterocycles. The molecule has 0 saturated heterocycles. The Kier molecular flexibility index (Phi) is 14.2. The van der Waals surface area contributed by atoms with Crippen LogP contribution >= 0.6 is 0 Å². The van der Waals surface area contributed by atoms with E-state index >= 15 is 0 Å². The van der Waals surface area contributed by atoms with Crippen LogP contribution in [-0.4, -0.2) is 0 Å². The summed E-state index contributed by atoms with van der Waals surface area (Å²) in [6.45, 7) is 23.7. The molecular formula is C28H47N. The third-order valence-electron chi connectivity index (χ3n) is 5.78. The molecule has 3 atom stereocenters. The van der Waals surface area contributed by atoms with Gasteiger partial charge >= 0.3 is 0 Å². The van der Waals surface area contributed by atoms with Gasteiger partial charge in [0.25, 0.3) is 0 Å². The predicted molar refractivity (Wildman–Crippen MR) is 134 cm³/mol. The number of rotatable bonds is 14. The highest BCUT2D eigenvalue weighted by molar-refractivity contribution is 5.54. The Hall–Kier alpha value is -1.76. The molecule has 0 aromatic heterocycles. The lowest BCUT2D eigenvalue weighted by Crippen LogP contribution is -2.10. The minimum absolute atomic E-state index is 0.466. The zero-order valence-electron chi connectivity index (χ0n) is 20.4. The van der Waals surface area contributed by atoms with E-state index in [1.165, 1.54) is 28.7 Å². The van der Waals surface area contributed by atoms with Gasteiger partial charge in [0, 0.05) is 11.3 Å². The van der Waals surface area contributed by atoms with Crippen molar-refractivity contribution in [3.63, 3.8) is 0 Å². The van der Waals surface area contributed by atoms with E-state index in [9.17, 15) is 0 Å². The number of hydrogen-bond acceptors (Lipinski definition) is 1. The van der Waals surface area contributed by atoms with Crippen LogP contribution < -0.4 is 5.73 Å². The molecule has 0 bridgehead atoms. The fourth-order valence-corrected chi connectivity index (χ4v) is 3.47. The fourth-order valence-electron chi connectivity index (χ4n) is 3.47. The lowest BCUT2D eigenvalue weighted by atomic mass is 9.87. The van der Waals surface area contributed by atoms with Crippen LogP contribution in [0.25, 0.3) is 0 Å². The van der Waals surface area contributed by atoms with Crippen molar-refractivity contribution >= 4 is 0 Å². The maximum absolute atomic E-state index is 6.63. The van der Waals surface area contributed by atoms with Crippen LogP contribution in [-0.2, 0) is 0 Å². The molecule has 0 fully saturated rings. The smallest absolute Gasteiger partial charge is 0.0355 e. The molecule has 0 spiro atoms. The molecule has 0 aliphatic carbocycles. The largest absolute Gasteiger partial charge is 0.398 e. The molecule has 0 aliphatic rings. The van der Waals surface area contributed by atoms with Crippen molar-refractivity contribution in [2.75, 3.05) is 0 Å². The summed E-state index contributed by atoms with van der Waals surface area (Å²) in [4.78, 5) is 0. The van der Waals surface area contributed by atoms with E-state index in [0.29, 0.717) is 17.8 Å². The highest BCUT2D eigenvalue weighted by atomic mass is 14.6. The third kappa shape index (κ3) is 10.5. The van der Waals surface area contributed by atoms with Crippen molar-refractivity contribution in [1.82, 2.24) is 0 Å². The summed E-state index contributed by atoms with van der Waals surface area (Å²) in [5.41, 5.74) is 12.6. The molecule has 1 heteroatoms. The molecule has 0 radical (unpaired) electrons. The minimum Gasteiger partial charge on any atom is -0.398 e. The summed E-state index contributed by atoms with van der Waals surface area (Å²) in [6, 6.07) is 0. The van der Waals surface area contributed by atoms with E-state index < -0.39 is 0 Å². The monoisotopic (exact) mass is 397 g/mol. The first-order valence-electron chi connectivity index (χ1n) is 11.5. The SMILES string of the molecule is C=CCC/C(C)=C(C(/N)=C\C(C)CC)\C(C=C)=C(/C)CC(C)C/C=C/C(C)CC. The average molecular weight is 398 g/mol. The molecule has 1 nitrogen and oxygen atoms in total. The number of nitrogens with two attached hydrogens (primary N) is 1. The van der Waals surface area contributed by atoms with Gasteiger partial charge in [-0.3, -0.25) is 0 Å². The predicted octanol–water partition coefficient (Wildman–Crippen LogP) is 8.68. The second-order valence-electron chi connectivity index (χ2n) is 8.75. The summed E-state index contributed by atoms with van der Waals surface area (Å²) < 4.78 is 0. The Balaban J connectivity index is 5.83. The van der Waals surface area contributed by atoms with E-state index in [4.69, 9.17) is 5.73 Å². The highest BCUT2D eigenvalue weighted by Crippen LogP contribution is 2.30. The van der Waals surface area contributed by atoms with E-state index in [1.807, 2.05) is 12.2 Å². The summed E-state index contributed by atoms with van der Waals surface area (Å²) >= 11 is 0. The molecule has 2 N–H and O–H groups in total. The normalized spacial score (nSPS) is 17.4. The Morgan fingerprint density at radius 3 is 2.10 bits per heavy atom. The molecule has 0 aromatic carbocycles.